The van der Waals surface area contributed by atoms with E-state index >= 15 is 0 Å². The number of rotatable bonds is 9. The van der Waals surface area contributed by atoms with Crippen LogP contribution < -0.4 is 10.6 Å². The van der Waals surface area contributed by atoms with Gasteiger partial charge in [-0.25, -0.2) is 12.8 Å². The van der Waals surface area contributed by atoms with Gasteiger partial charge in [0.25, 0.3) is 0 Å². The smallest absolute Gasteiger partial charge is 0.191 e. The highest BCUT2D eigenvalue weighted by Crippen LogP contribution is 2.22. The van der Waals surface area contributed by atoms with Crippen LogP contribution in [0.4, 0.5) is 4.39 Å². The highest BCUT2D eigenvalue weighted by Gasteiger charge is 2.18. The Kier molecular flexibility index (Phi) is 10.6. The van der Waals surface area contributed by atoms with Crippen LogP contribution in [0.3, 0.4) is 0 Å². The number of hydrogen-bond acceptors (Lipinski definition) is 5. The van der Waals surface area contributed by atoms with Crippen molar-refractivity contribution in [2.24, 2.45) is 4.99 Å². The van der Waals surface area contributed by atoms with E-state index in [2.05, 4.69) is 34.6 Å². The van der Waals surface area contributed by atoms with Gasteiger partial charge in [-0.15, -0.1) is 24.0 Å². The van der Waals surface area contributed by atoms with Gasteiger partial charge in [0, 0.05) is 25.6 Å². The lowest BCUT2D eigenvalue weighted by atomic mass is 9.99. The number of benzene rings is 1. The summed E-state index contributed by atoms with van der Waals surface area (Å²) >= 11 is 0. The summed E-state index contributed by atoms with van der Waals surface area (Å²) in [5.41, 5.74) is 0.931. The van der Waals surface area contributed by atoms with Gasteiger partial charge in [-0.2, -0.15) is 0 Å². The normalized spacial score (nSPS) is 12.0. The average molecular weight is 538 g/mol. The topological polar surface area (TPSA) is 96.6 Å². The second kappa shape index (κ2) is 12.1. The minimum Gasteiger partial charge on any atom is -0.359 e. The van der Waals surface area contributed by atoms with Gasteiger partial charge in [-0.3, -0.25) is 4.99 Å². The third-order valence-electron chi connectivity index (χ3n) is 4.47. The molecule has 0 amide bonds. The molecule has 7 nitrogen and oxygen atoms in total. The first-order valence-electron chi connectivity index (χ1n) is 9.28. The number of nitrogens with one attached hydrogen (secondary N) is 2. The third-order valence-corrected chi connectivity index (χ3v) is 6.21. The van der Waals surface area contributed by atoms with Crippen molar-refractivity contribution in [1.29, 1.82) is 0 Å². The Balaban J connectivity index is 0.00000420. The maximum Gasteiger partial charge on any atom is 0.191 e. The average Bonchev–Trinajstić information content (AvgIpc) is 3.14. The van der Waals surface area contributed by atoms with E-state index in [1.54, 1.807) is 7.05 Å². The first kappa shape index (κ1) is 25.3. The standard InChI is InChI=1S/C19H27FN4O3S.HI/c1-4-14(5-2)17-12-15(27-24-17)13-23-19(21-3)22-10-11-28(25,26)18-9-7-6-8-16(18)20;/h6-9,12,14H,4-5,10-11,13H2,1-3H3,(H2,21,22,23);1H. The van der Waals surface area contributed by atoms with E-state index in [-0.39, 0.29) is 41.2 Å². The van der Waals surface area contributed by atoms with Gasteiger partial charge in [-0.05, 0) is 25.0 Å². The van der Waals surface area contributed by atoms with Gasteiger partial charge in [0.1, 0.15) is 10.7 Å². The van der Waals surface area contributed by atoms with Gasteiger partial charge >= 0.3 is 0 Å². The molecule has 0 spiro atoms. The fourth-order valence-electron chi connectivity index (χ4n) is 2.81. The van der Waals surface area contributed by atoms with Crippen molar-refractivity contribution < 1.29 is 17.3 Å². The molecule has 0 saturated heterocycles. The maximum atomic E-state index is 13.7. The molecule has 0 aliphatic carbocycles. The Morgan fingerprint density at radius 3 is 2.55 bits per heavy atom. The third kappa shape index (κ3) is 7.25. The molecule has 0 saturated carbocycles. The lowest BCUT2D eigenvalue weighted by Crippen LogP contribution is -2.39. The van der Waals surface area contributed by atoms with Crippen LogP contribution in [0.15, 0.2) is 44.7 Å². The van der Waals surface area contributed by atoms with Crippen LogP contribution in [0.5, 0.6) is 0 Å². The minimum atomic E-state index is -3.72. The van der Waals surface area contributed by atoms with Crippen molar-refractivity contribution in [3.05, 3.63) is 47.6 Å². The summed E-state index contributed by atoms with van der Waals surface area (Å²) in [4.78, 5) is 3.75. The summed E-state index contributed by atoms with van der Waals surface area (Å²) in [5.74, 6) is 0.464. The summed E-state index contributed by atoms with van der Waals surface area (Å²) in [6, 6.07) is 7.27. The number of halogens is 2. The van der Waals surface area contributed by atoms with E-state index in [4.69, 9.17) is 4.52 Å². The molecule has 1 aromatic heterocycles. The van der Waals surface area contributed by atoms with Crippen LogP contribution in [0.1, 0.15) is 44.1 Å². The Hall–Kier alpha value is -1.69. The number of hydrogen-bond donors (Lipinski definition) is 2. The van der Waals surface area contributed by atoms with Crippen LogP contribution in [0.25, 0.3) is 0 Å². The monoisotopic (exact) mass is 538 g/mol. The summed E-state index contributed by atoms with van der Waals surface area (Å²) in [6.45, 7) is 4.68. The molecule has 162 valence electrons. The van der Waals surface area contributed by atoms with Crippen molar-refractivity contribution in [3.8, 4) is 0 Å². The Labute approximate surface area is 188 Å². The van der Waals surface area contributed by atoms with Crippen molar-refractivity contribution in [3.63, 3.8) is 0 Å². The molecule has 2 N–H and O–H groups in total. The fraction of sp³-hybridized carbons (Fsp3) is 0.474. The molecule has 1 heterocycles. The molecule has 2 aromatic rings. The molecule has 0 unspecified atom stereocenters. The molecule has 0 bridgehead atoms. The van der Waals surface area contributed by atoms with E-state index in [1.165, 1.54) is 18.2 Å². The van der Waals surface area contributed by atoms with Crippen LogP contribution >= 0.6 is 24.0 Å². The fourth-order valence-corrected chi connectivity index (χ4v) is 4.06. The quantitative estimate of drug-likeness (QED) is 0.289. The van der Waals surface area contributed by atoms with E-state index in [9.17, 15) is 12.8 Å². The molecule has 29 heavy (non-hydrogen) atoms. The highest BCUT2D eigenvalue weighted by atomic mass is 127. The number of aliphatic imine (C=N–C) groups is 1. The molecule has 0 aliphatic heterocycles. The molecular formula is C19H28FIN4O3S. The predicted octanol–water partition coefficient (Wildman–Crippen LogP) is 3.47. The Morgan fingerprint density at radius 1 is 1.24 bits per heavy atom. The van der Waals surface area contributed by atoms with E-state index in [0.717, 1.165) is 24.6 Å². The molecule has 10 heteroatoms. The number of guanidine groups is 1. The van der Waals surface area contributed by atoms with E-state index in [0.29, 0.717) is 24.2 Å². The van der Waals surface area contributed by atoms with Gasteiger partial charge in [0.15, 0.2) is 21.6 Å². The summed E-state index contributed by atoms with van der Waals surface area (Å²) in [6.07, 6.45) is 1.99. The first-order chi connectivity index (χ1) is 13.4. The van der Waals surface area contributed by atoms with E-state index < -0.39 is 15.7 Å². The first-order valence-corrected chi connectivity index (χ1v) is 10.9. The molecule has 0 atom stereocenters. The van der Waals surface area contributed by atoms with Crippen molar-refractivity contribution in [1.82, 2.24) is 15.8 Å². The zero-order chi connectivity index (χ0) is 20.6. The van der Waals surface area contributed by atoms with E-state index in [1.807, 2.05) is 6.07 Å². The summed E-state index contributed by atoms with van der Waals surface area (Å²) < 4.78 is 43.6. The molecule has 0 fully saturated rings. The molecular weight excluding hydrogens is 510 g/mol. The van der Waals surface area contributed by atoms with Gasteiger partial charge in [-0.1, -0.05) is 31.1 Å². The van der Waals surface area contributed by atoms with Gasteiger partial charge in [0.05, 0.1) is 18.0 Å². The van der Waals surface area contributed by atoms with Gasteiger partial charge < -0.3 is 15.2 Å². The molecule has 1 aromatic carbocycles. The minimum absolute atomic E-state index is 0. The molecule has 0 radical (unpaired) electrons. The zero-order valence-corrected chi connectivity index (χ0v) is 20.0. The Morgan fingerprint density at radius 2 is 1.93 bits per heavy atom. The van der Waals surface area contributed by atoms with Crippen molar-refractivity contribution in [2.45, 2.75) is 44.0 Å². The van der Waals surface area contributed by atoms with Crippen molar-refractivity contribution in [2.75, 3.05) is 19.3 Å². The van der Waals surface area contributed by atoms with Crippen molar-refractivity contribution >= 4 is 39.8 Å². The second-order valence-corrected chi connectivity index (χ2v) is 8.41. The second-order valence-electron chi connectivity index (χ2n) is 6.33. The van der Waals surface area contributed by atoms with Gasteiger partial charge in [0.2, 0.25) is 0 Å². The van der Waals surface area contributed by atoms with Crippen LogP contribution in [-0.2, 0) is 16.4 Å². The van der Waals surface area contributed by atoms with Crippen LogP contribution in [-0.4, -0.2) is 38.9 Å². The Bertz CT molecular complexity index is 898. The predicted molar refractivity (Wildman–Crippen MR) is 122 cm³/mol. The van der Waals surface area contributed by atoms with Crippen LogP contribution in [0, 0.1) is 5.82 Å². The lowest BCUT2D eigenvalue weighted by molar-refractivity contribution is 0.368. The molecule has 0 aliphatic rings. The summed E-state index contributed by atoms with van der Waals surface area (Å²) in [7, 11) is -2.14. The number of aromatic nitrogens is 1. The lowest BCUT2D eigenvalue weighted by Gasteiger charge is -2.11. The SMILES string of the molecule is CCC(CC)c1cc(CNC(=NC)NCCS(=O)(=O)c2ccccc2F)on1.I. The largest absolute Gasteiger partial charge is 0.359 e. The van der Waals surface area contributed by atoms with Crippen LogP contribution in [0.2, 0.25) is 0 Å². The number of sulfone groups is 1. The highest BCUT2D eigenvalue weighted by molar-refractivity contribution is 14.0. The number of nitrogens with zero attached hydrogens (tertiary/aromatic N) is 2. The summed E-state index contributed by atoms with van der Waals surface area (Å²) in [5, 5.41) is 10.1. The zero-order valence-electron chi connectivity index (χ0n) is 16.8. The molecule has 2 rings (SSSR count). The maximum absolute atomic E-state index is 13.7.